The number of aliphatic hydroxyl groups is 2. The number of hydrogen-bond donors (Lipinski definition) is 2. The Kier molecular flexibility index (Phi) is 5.76. The first kappa shape index (κ1) is 19.4. The van der Waals surface area contributed by atoms with Crippen LogP contribution >= 0.6 is 0 Å². The van der Waals surface area contributed by atoms with Gasteiger partial charge in [0.25, 0.3) is 0 Å². The van der Waals surface area contributed by atoms with E-state index in [4.69, 9.17) is 9.63 Å². The van der Waals surface area contributed by atoms with Crippen LogP contribution in [0.15, 0.2) is 41.2 Å². The molecule has 4 rings (SSSR count). The highest BCUT2D eigenvalue weighted by Crippen LogP contribution is 2.20. The summed E-state index contributed by atoms with van der Waals surface area (Å²) in [6.07, 6.45) is 3.78. The summed E-state index contributed by atoms with van der Waals surface area (Å²) in [7, 11) is 0. The Morgan fingerprint density at radius 3 is 2.97 bits per heavy atom. The number of β-amino-alcohol motifs (C(OH)–C–C–N with tert-alkyl or cyclic N) is 1. The molecule has 0 aliphatic carbocycles. The first-order valence-electron chi connectivity index (χ1n) is 9.74. The summed E-state index contributed by atoms with van der Waals surface area (Å²) < 4.78 is 7.18. The first-order valence-corrected chi connectivity index (χ1v) is 9.74. The van der Waals surface area contributed by atoms with Crippen LogP contribution in [0.2, 0.25) is 0 Å². The molecule has 3 aromatic rings. The van der Waals surface area contributed by atoms with Gasteiger partial charge >= 0.3 is 0 Å². The van der Waals surface area contributed by atoms with E-state index in [1.54, 1.807) is 19.3 Å². The van der Waals surface area contributed by atoms with E-state index >= 15 is 0 Å². The van der Waals surface area contributed by atoms with Crippen LogP contribution < -0.4 is 0 Å². The summed E-state index contributed by atoms with van der Waals surface area (Å²) in [5.74, 6) is 7.29. The van der Waals surface area contributed by atoms with Crippen LogP contribution in [0.1, 0.15) is 47.0 Å². The number of nitrogens with zero attached hydrogens (tertiary/aromatic N) is 4. The normalized spacial score (nSPS) is 14.9. The van der Waals surface area contributed by atoms with Gasteiger partial charge in [-0.15, -0.1) is 0 Å². The summed E-state index contributed by atoms with van der Waals surface area (Å²) >= 11 is 0. The van der Waals surface area contributed by atoms with Crippen molar-refractivity contribution in [3.63, 3.8) is 0 Å². The second-order valence-corrected chi connectivity index (χ2v) is 7.26. The average Bonchev–Trinajstić information content (AvgIpc) is 3.36. The van der Waals surface area contributed by atoms with Gasteiger partial charge in [-0.05, 0) is 42.5 Å². The van der Waals surface area contributed by atoms with Crippen molar-refractivity contribution in [2.75, 3.05) is 19.7 Å². The molecule has 7 nitrogen and oxygen atoms in total. The predicted molar refractivity (Wildman–Crippen MR) is 107 cm³/mol. The van der Waals surface area contributed by atoms with Crippen LogP contribution in [0, 0.1) is 11.8 Å². The highest BCUT2D eigenvalue weighted by Gasteiger charge is 2.15. The molecule has 0 saturated heterocycles. The van der Waals surface area contributed by atoms with E-state index in [2.05, 4.69) is 39.0 Å². The molecule has 1 aliphatic rings. The average molecular weight is 392 g/mol. The van der Waals surface area contributed by atoms with Crippen LogP contribution in [0.5, 0.6) is 0 Å². The molecule has 0 fully saturated rings. The first-order chi connectivity index (χ1) is 14.1. The molecule has 1 atom stereocenters. The van der Waals surface area contributed by atoms with Gasteiger partial charge in [-0.1, -0.05) is 17.1 Å². The smallest absolute Gasteiger partial charge is 0.210 e. The Morgan fingerprint density at radius 2 is 2.14 bits per heavy atom. The Morgan fingerprint density at radius 1 is 1.24 bits per heavy atom. The van der Waals surface area contributed by atoms with Gasteiger partial charge in [0.05, 0.1) is 13.2 Å². The van der Waals surface area contributed by atoms with Crippen LogP contribution in [0.3, 0.4) is 0 Å². The second kappa shape index (κ2) is 8.62. The summed E-state index contributed by atoms with van der Waals surface area (Å²) in [6.45, 7) is 4.89. The number of imidazole rings is 1. The number of fused-ring (bicyclic) bond motifs is 1. The molecule has 0 saturated carbocycles. The Bertz CT molecular complexity index is 1040. The van der Waals surface area contributed by atoms with Crippen molar-refractivity contribution in [1.82, 2.24) is 19.6 Å². The third kappa shape index (κ3) is 4.57. The van der Waals surface area contributed by atoms with Crippen molar-refractivity contribution in [3.05, 3.63) is 70.6 Å². The Hall–Kier alpha value is -2.92. The van der Waals surface area contributed by atoms with Crippen LogP contribution in [0.4, 0.5) is 0 Å². The van der Waals surface area contributed by atoms with E-state index < -0.39 is 6.10 Å². The highest BCUT2D eigenvalue weighted by atomic mass is 16.5. The van der Waals surface area contributed by atoms with Crippen molar-refractivity contribution in [2.24, 2.45) is 0 Å². The Labute approximate surface area is 169 Å². The summed E-state index contributed by atoms with van der Waals surface area (Å²) in [5, 5.41) is 22.9. The van der Waals surface area contributed by atoms with E-state index in [1.165, 1.54) is 11.1 Å². The summed E-state index contributed by atoms with van der Waals surface area (Å²) in [4.78, 5) is 6.41. The van der Waals surface area contributed by atoms with Gasteiger partial charge in [-0.2, -0.15) is 0 Å². The third-order valence-corrected chi connectivity index (χ3v) is 5.06. The molecule has 7 heteroatoms. The number of benzene rings is 1. The van der Waals surface area contributed by atoms with Crippen molar-refractivity contribution < 1.29 is 14.7 Å². The van der Waals surface area contributed by atoms with Gasteiger partial charge in [0.15, 0.2) is 0 Å². The van der Waals surface area contributed by atoms with Crippen molar-refractivity contribution >= 4 is 0 Å². The lowest BCUT2D eigenvalue weighted by Gasteiger charge is -2.28. The molecular weight excluding hydrogens is 368 g/mol. The van der Waals surface area contributed by atoms with Crippen molar-refractivity contribution in [1.29, 1.82) is 0 Å². The predicted octanol–water partition coefficient (Wildman–Crippen LogP) is 1.72. The fourth-order valence-electron chi connectivity index (χ4n) is 3.60. The van der Waals surface area contributed by atoms with Gasteiger partial charge < -0.3 is 19.3 Å². The number of aliphatic hydroxyl groups excluding tert-OH is 2. The number of rotatable bonds is 5. The van der Waals surface area contributed by atoms with Crippen LogP contribution in [-0.2, 0) is 19.5 Å². The van der Waals surface area contributed by atoms with Gasteiger partial charge in [0.1, 0.15) is 17.6 Å². The van der Waals surface area contributed by atoms with Gasteiger partial charge in [-0.3, -0.25) is 4.90 Å². The van der Waals surface area contributed by atoms with Gasteiger partial charge in [0, 0.05) is 43.7 Å². The number of aromatic nitrogens is 3. The minimum Gasteiger partial charge on any atom is -0.395 e. The quantitative estimate of drug-likeness (QED) is 0.643. The monoisotopic (exact) mass is 392 g/mol. The van der Waals surface area contributed by atoms with E-state index in [0.717, 1.165) is 30.8 Å². The fourth-order valence-corrected chi connectivity index (χ4v) is 3.60. The molecule has 0 bridgehead atoms. The lowest BCUT2D eigenvalue weighted by Crippen LogP contribution is -2.32. The van der Waals surface area contributed by atoms with Gasteiger partial charge in [0.2, 0.25) is 5.76 Å². The molecule has 29 heavy (non-hydrogen) atoms. The van der Waals surface area contributed by atoms with Crippen LogP contribution in [0.25, 0.3) is 0 Å². The minimum absolute atomic E-state index is 0.194. The lowest BCUT2D eigenvalue weighted by molar-refractivity contribution is 0.184. The fraction of sp³-hybridized carbons (Fsp3) is 0.364. The molecule has 0 spiro atoms. The van der Waals surface area contributed by atoms with E-state index in [0.29, 0.717) is 24.7 Å². The van der Waals surface area contributed by atoms with E-state index in [1.807, 2.05) is 16.7 Å². The summed E-state index contributed by atoms with van der Waals surface area (Å²) in [6, 6.07) is 8.08. The molecule has 0 unspecified atom stereocenters. The molecule has 1 aliphatic heterocycles. The van der Waals surface area contributed by atoms with Crippen molar-refractivity contribution in [3.8, 4) is 11.8 Å². The standard InChI is InChI=1S/C22H24N4O3/c1-16(28)22-23-7-9-26(22)15-20-13-21(29-24-20)5-3-17-2-4-19-14-25(10-11-27)8-6-18(19)12-17/h2,4,7,9,12-13,16,27-28H,6,8,10-11,14-15H2,1H3/t16-/m0/s1. The van der Waals surface area contributed by atoms with Gasteiger partial charge in [-0.25, -0.2) is 4.98 Å². The van der Waals surface area contributed by atoms with Crippen molar-refractivity contribution in [2.45, 2.75) is 32.5 Å². The molecule has 0 radical (unpaired) electrons. The van der Waals surface area contributed by atoms with E-state index in [9.17, 15) is 5.11 Å². The molecule has 2 N–H and O–H groups in total. The minimum atomic E-state index is -0.643. The SMILES string of the molecule is C[C@H](O)c1nccn1Cc1cc(C#Cc2ccc3c(c2)CCN(CCO)C3)on1. The zero-order valence-corrected chi connectivity index (χ0v) is 16.4. The molecule has 1 aromatic carbocycles. The highest BCUT2D eigenvalue weighted by molar-refractivity contribution is 5.44. The zero-order chi connectivity index (χ0) is 20.2. The third-order valence-electron chi connectivity index (χ3n) is 5.06. The molecule has 150 valence electrons. The van der Waals surface area contributed by atoms with Crippen LogP contribution in [-0.4, -0.2) is 49.5 Å². The molecule has 3 heterocycles. The lowest BCUT2D eigenvalue weighted by atomic mass is 9.97. The largest absolute Gasteiger partial charge is 0.395 e. The Balaban J connectivity index is 1.44. The number of hydrogen-bond acceptors (Lipinski definition) is 6. The van der Waals surface area contributed by atoms with E-state index in [-0.39, 0.29) is 6.61 Å². The maximum Gasteiger partial charge on any atom is 0.210 e. The molecular formula is C22H24N4O3. The summed E-state index contributed by atoms with van der Waals surface area (Å²) in [5.41, 5.74) is 4.29. The topological polar surface area (TPSA) is 87.6 Å². The zero-order valence-electron chi connectivity index (χ0n) is 16.4. The maximum atomic E-state index is 9.75. The second-order valence-electron chi connectivity index (χ2n) is 7.26. The molecule has 0 amide bonds. The maximum absolute atomic E-state index is 9.75. The molecule has 2 aromatic heterocycles.